The lowest BCUT2D eigenvalue weighted by Crippen LogP contribution is -2.09. The van der Waals surface area contributed by atoms with E-state index in [4.69, 9.17) is 4.74 Å². The Kier molecular flexibility index (Phi) is 8.16. The highest BCUT2D eigenvalue weighted by molar-refractivity contribution is 5.68. The Bertz CT molecular complexity index is 964. The molecule has 0 aliphatic heterocycles. The SMILES string of the molecule is CC(=O)Oc1cc(C(Cc2ccc(-c3ccccc3)cc2)CC(C)CCCC=O)n[nH]1. The first-order valence-electron chi connectivity index (χ1n) is 10.9. The van der Waals surface area contributed by atoms with E-state index in [-0.39, 0.29) is 11.9 Å². The normalized spacial score (nSPS) is 12.8. The molecule has 162 valence electrons. The number of esters is 1. The highest BCUT2D eigenvalue weighted by Gasteiger charge is 2.20. The Balaban J connectivity index is 1.74. The summed E-state index contributed by atoms with van der Waals surface area (Å²) in [5, 5.41) is 7.24. The van der Waals surface area contributed by atoms with Gasteiger partial charge in [-0.05, 0) is 41.9 Å². The van der Waals surface area contributed by atoms with E-state index in [1.165, 1.54) is 23.6 Å². The molecule has 5 heteroatoms. The van der Waals surface area contributed by atoms with E-state index in [0.717, 1.165) is 37.7 Å². The lowest BCUT2D eigenvalue weighted by atomic mass is 9.85. The maximum atomic E-state index is 11.3. The molecule has 0 spiro atoms. The molecule has 31 heavy (non-hydrogen) atoms. The Morgan fingerprint density at radius 3 is 2.48 bits per heavy atom. The molecule has 1 N–H and O–H groups in total. The van der Waals surface area contributed by atoms with Crippen molar-refractivity contribution in [2.24, 2.45) is 5.92 Å². The van der Waals surface area contributed by atoms with Crippen LogP contribution in [0.5, 0.6) is 5.88 Å². The van der Waals surface area contributed by atoms with E-state index >= 15 is 0 Å². The first-order valence-corrected chi connectivity index (χ1v) is 10.9. The fourth-order valence-electron chi connectivity index (χ4n) is 3.95. The van der Waals surface area contributed by atoms with Gasteiger partial charge in [-0.1, -0.05) is 67.9 Å². The zero-order valence-corrected chi connectivity index (χ0v) is 18.2. The van der Waals surface area contributed by atoms with Gasteiger partial charge in [-0.25, -0.2) is 5.10 Å². The smallest absolute Gasteiger partial charge is 0.309 e. The third kappa shape index (κ3) is 6.92. The summed E-state index contributed by atoms with van der Waals surface area (Å²) in [5.74, 6) is 0.655. The average molecular weight is 419 g/mol. The summed E-state index contributed by atoms with van der Waals surface area (Å²) < 4.78 is 5.15. The highest BCUT2D eigenvalue weighted by Crippen LogP contribution is 2.31. The highest BCUT2D eigenvalue weighted by atomic mass is 16.5. The maximum Gasteiger partial charge on any atom is 0.309 e. The monoisotopic (exact) mass is 418 g/mol. The van der Waals surface area contributed by atoms with Gasteiger partial charge >= 0.3 is 5.97 Å². The van der Waals surface area contributed by atoms with Crippen LogP contribution in [0.3, 0.4) is 0 Å². The molecule has 0 saturated carbocycles. The Morgan fingerprint density at radius 2 is 1.81 bits per heavy atom. The van der Waals surface area contributed by atoms with Crippen LogP contribution in [-0.2, 0) is 16.0 Å². The predicted molar refractivity (Wildman–Crippen MR) is 122 cm³/mol. The second kappa shape index (κ2) is 11.3. The van der Waals surface area contributed by atoms with E-state index < -0.39 is 0 Å². The number of nitrogens with zero attached hydrogens (tertiary/aromatic N) is 1. The van der Waals surface area contributed by atoms with Crippen LogP contribution in [0.4, 0.5) is 0 Å². The molecule has 2 atom stereocenters. The van der Waals surface area contributed by atoms with Crippen LogP contribution in [0.2, 0.25) is 0 Å². The van der Waals surface area contributed by atoms with Crippen molar-refractivity contribution in [1.82, 2.24) is 10.2 Å². The van der Waals surface area contributed by atoms with Gasteiger partial charge in [0.1, 0.15) is 6.29 Å². The summed E-state index contributed by atoms with van der Waals surface area (Å²) in [7, 11) is 0. The van der Waals surface area contributed by atoms with E-state index in [9.17, 15) is 9.59 Å². The minimum absolute atomic E-state index is 0.189. The standard InChI is InChI=1S/C26H30N2O3/c1-19(8-6-7-15-29)16-24(25-18-26(28-27-25)31-20(2)30)17-21-11-13-23(14-12-21)22-9-4-3-5-10-22/h3-5,9-15,18-19,24H,6-8,16-17H2,1-2H3,(H,27,28). The van der Waals surface area contributed by atoms with Crippen molar-refractivity contribution >= 4 is 12.3 Å². The van der Waals surface area contributed by atoms with Crippen LogP contribution in [0, 0.1) is 5.92 Å². The second-order valence-corrected chi connectivity index (χ2v) is 8.15. The number of carbonyl (C=O) groups excluding carboxylic acids is 2. The van der Waals surface area contributed by atoms with Gasteiger partial charge in [0.2, 0.25) is 5.88 Å². The van der Waals surface area contributed by atoms with Crippen molar-refractivity contribution in [1.29, 1.82) is 0 Å². The zero-order chi connectivity index (χ0) is 22.1. The average Bonchev–Trinajstić information content (AvgIpc) is 3.22. The summed E-state index contributed by atoms with van der Waals surface area (Å²) in [6, 6.07) is 20.8. The van der Waals surface area contributed by atoms with Crippen molar-refractivity contribution in [2.45, 2.75) is 51.9 Å². The van der Waals surface area contributed by atoms with Crippen LogP contribution in [0.25, 0.3) is 11.1 Å². The lowest BCUT2D eigenvalue weighted by molar-refractivity contribution is -0.132. The fourth-order valence-corrected chi connectivity index (χ4v) is 3.95. The predicted octanol–water partition coefficient (Wildman–Crippen LogP) is 5.72. The van der Waals surface area contributed by atoms with Crippen LogP contribution >= 0.6 is 0 Å². The minimum atomic E-state index is -0.370. The molecule has 2 unspecified atom stereocenters. The Labute approximate surface area is 183 Å². The van der Waals surface area contributed by atoms with E-state index in [2.05, 4.69) is 53.5 Å². The number of benzene rings is 2. The lowest BCUT2D eigenvalue weighted by Gasteiger charge is -2.20. The van der Waals surface area contributed by atoms with Crippen molar-refractivity contribution in [3.05, 3.63) is 71.9 Å². The van der Waals surface area contributed by atoms with Crippen LogP contribution in [0.1, 0.15) is 56.7 Å². The third-order valence-electron chi connectivity index (χ3n) is 5.50. The van der Waals surface area contributed by atoms with Gasteiger partial charge in [-0.2, -0.15) is 5.10 Å². The van der Waals surface area contributed by atoms with Gasteiger partial charge in [-0.15, -0.1) is 0 Å². The van der Waals surface area contributed by atoms with Gasteiger partial charge in [0.25, 0.3) is 0 Å². The van der Waals surface area contributed by atoms with E-state index in [1.807, 2.05) is 24.3 Å². The third-order valence-corrected chi connectivity index (χ3v) is 5.50. The molecule has 0 bridgehead atoms. The Hall–Kier alpha value is -3.21. The van der Waals surface area contributed by atoms with Crippen LogP contribution in [-0.4, -0.2) is 22.5 Å². The Morgan fingerprint density at radius 1 is 1.10 bits per heavy atom. The molecule has 5 nitrogen and oxygen atoms in total. The molecule has 2 aromatic carbocycles. The van der Waals surface area contributed by atoms with Gasteiger partial charge in [0.05, 0.1) is 5.69 Å². The number of aromatic amines is 1. The number of nitrogens with one attached hydrogen (secondary N) is 1. The van der Waals surface area contributed by atoms with E-state index in [0.29, 0.717) is 18.2 Å². The molecule has 1 aromatic heterocycles. The summed E-state index contributed by atoms with van der Waals surface area (Å²) >= 11 is 0. The van der Waals surface area contributed by atoms with Crippen molar-refractivity contribution in [2.75, 3.05) is 0 Å². The number of hydrogen-bond acceptors (Lipinski definition) is 4. The summed E-state index contributed by atoms with van der Waals surface area (Å²) in [4.78, 5) is 21.9. The number of H-pyrrole nitrogens is 1. The van der Waals surface area contributed by atoms with Gasteiger partial charge in [0.15, 0.2) is 0 Å². The number of unbranched alkanes of at least 4 members (excludes halogenated alkanes) is 1. The molecular formula is C26H30N2O3. The molecule has 3 aromatic rings. The van der Waals surface area contributed by atoms with Crippen molar-refractivity contribution < 1.29 is 14.3 Å². The van der Waals surface area contributed by atoms with Gasteiger partial charge in [-0.3, -0.25) is 4.79 Å². The minimum Gasteiger partial charge on any atom is -0.408 e. The van der Waals surface area contributed by atoms with Crippen LogP contribution < -0.4 is 4.74 Å². The second-order valence-electron chi connectivity index (χ2n) is 8.15. The number of rotatable bonds is 11. The molecule has 1 heterocycles. The summed E-state index contributed by atoms with van der Waals surface area (Å²) in [5.41, 5.74) is 4.53. The molecule has 0 radical (unpaired) electrons. The first kappa shape index (κ1) is 22.5. The summed E-state index contributed by atoms with van der Waals surface area (Å²) in [6.45, 7) is 3.59. The number of aromatic nitrogens is 2. The molecule has 3 rings (SSSR count). The zero-order valence-electron chi connectivity index (χ0n) is 18.2. The molecular weight excluding hydrogens is 388 g/mol. The van der Waals surface area contributed by atoms with Gasteiger partial charge < -0.3 is 9.53 Å². The number of aldehydes is 1. The van der Waals surface area contributed by atoms with Gasteiger partial charge in [0, 0.05) is 25.3 Å². The van der Waals surface area contributed by atoms with Crippen molar-refractivity contribution in [3.63, 3.8) is 0 Å². The molecule has 0 saturated heterocycles. The molecule has 0 amide bonds. The number of hydrogen-bond donors (Lipinski definition) is 1. The number of carbonyl (C=O) groups is 2. The quantitative estimate of drug-likeness (QED) is 0.245. The number of ether oxygens (including phenoxy) is 1. The van der Waals surface area contributed by atoms with Crippen LogP contribution in [0.15, 0.2) is 60.7 Å². The maximum absolute atomic E-state index is 11.3. The fraction of sp³-hybridized carbons (Fsp3) is 0.346. The summed E-state index contributed by atoms with van der Waals surface area (Å²) in [6.07, 6.45) is 5.29. The molecule has 0 aliphatic rings. The first-order chi connectivity index (χ1) is 15.0. The molecule has 0 fully saturated rings. The largest absolute Gasteiger partial charge is 0.408 e. The van der Waals surface area contributed by atoms with Crippen molar-refractivity contribution in [3.8, 4) is 17.0 Å². The van der Waals surface area contributed by atoms with E-state index in [1.54, 1.807) is 0 Å². The molecule has 0 aliphatic carbocycles. The topological polar surface area (TPSA) is 72.1 Å².